The summed E-state index contributed by atoms with van der Waals surface area (Å²) in [6.07, 6.45) is 1.40. The van der Waals surface area contributed by atoms with Crippen LogP contribution < -0.4 is 0 Å². The van der Waals surface area contributed by atoms with Gasteiger partial charge < -0.3 is 4.74 Å². The first-order valence-electron chi connectivity index (χ1n) is 6.56. The first-order valence-corrected chi connectivity index (χ1v) is 8.40. The molecule has 10 atom stereocenters. The second-order valence-electron chi connectivity index (χ2n) is 6.64. The van der Waals surface area contributed by atoms with E-state index in [2.05, 4.69) is 31.9 Å². The highest BCUT2D eigenvalue weighted by atomic mass is 79.9. The molecule has 0 saturated heterocycles. The minimum Gasteiger partial charge on any atom is -0.457 e. The summed E-state index contributed by atoms with van der Waals surface area (Å²) in [4.78, 5) is 12.6. The third kappa shape index (κ3) is 0.752. The fourth-order valence-corrected chi connectivity index (χ4v) is 9.81. The summed E-state index contributed by atoms with van der Waals surface area (Å²) in [5, 5.41) is 0. The number of hydrogen-bond donors (Lipinski definition) is 0. The van der Waals surface area contributed by atoms with Gasteiger partial charge in [0.1, 0.15) is 5.60 Å². The van der Waals surface area contributed by atoms with Gasteiger partial charge in [0.05, 0.1) is 4.83 Å². The first-order chi connectivity index (χ1) is 8.09. The van der Waals surface area contributed by atoms with E-state index in [0.29, 0.717) is 21.5 Å². The molecule has 0 radical (unpaired) electrons. The van der Waals surface area contributed by atoms with Crippen molar-refractivity contribution in [1.29, 1.82) is 0 Å². The summed E-state index contributed by atoms with van der Waals surface area (Å²) >= 11 is 7.83. The summed E-state index contributed by atoms with van der Waals surface area (Å²) < 4.78 is 5.94. The van der Waals surface area contributed by atoms with E-state index in [9.17, 15) is 4.79 Å². The van der Waals surface area contributed by atoms with Crippen molar-refractivity contribution in [2.75, 3.05) is 0 Å². The Kier molecular flexibility index (Phi) is 1.60. The molecule has 6 fully saturated rings. The van der Waals surface area contributed by atoms with E-state index in [4.69, 9.17) is 4.74 Å². The Balaban J connectivity index is 1.74. The Hall–Kier alpha value is 0.430. The predicted octanol–water partition coefficient (Wildman–Crippen LogP) is 2.59. The van der Waals surface area contributed by atoms with Crippen LogP contribution in [0.25, 0.3) is 0 Å². The van der Waals surface area contributed by atoms with Crippen LogP contribution in [0.1, 0.15) is 13.3 Å². The normalized spacial score (nSPS) is 72.1. The first kappa shape index (κ1) is 10.2. The van der Waals surface area contributed by atoms with Gasteiger partial charge in [0.15, 0.2) is 0 Å². The second kappa shape index (κ2) is 2.65. The van der Waals surface area contributed by atoms with E-state index in [-0.39, 0.29) is 11.6 Å². The van der Waals surface area contributed by atoms with Gasteiger partial charge in [-0.25, -0.2) is 0 Å². The Morgan fingerprint density at radius 2 is 1.94 bits per heavy atom. The molecule has 0 aliphatic heterocycles. The standard InChI is InChI=1S/C13H14Br2O2/c1-3(16)17-13-9-5-2-4-6(7(5)12(13)15)10(13)11(14)8(4)9/h4-12H,2H2,1H3/t4-,5+,6-,7-,8+,9-,10-,11-,12+,13+/m0/s1. The van der Waals surface area contributed by atoms with Gasteiger partial charge in [0.2, 0.25) is 0 Å². The number of esters is 1. The molecule has 0 unspecified atom stereocenters. The number of carbonyl (C=O) groups excluding carboxylic acids is 1. The van der Waals surface area contributed by atoms with Crippen LogP contribution >= 0.6 is 31.9 Å². The van der Waals surface area contributed by atoms with Crippen molar-refractivity contribution >= 4 is 37.8 Å². The van der Waals surface area contributed by atoms with Crippen LogP contribution in [0.2, 0.25) is 0 Å². The van der Waals surface area contributed by atoms with Crippen LogP contribution in [0.3, 0.4) is 0 Å². The van der Waals surface area contributed by atoms with Crippen molar-refractivity contribution in [3.05, 3.63) is 0 Å². The topological polar surface area (TPSA) is 26.3 Å². The molecule has 92 valence electrons. The SMILES string of the molecule is CC(=O)O[C@]12[C@@H]3[C@@H](Br)[C@@H]4[C@H]5C[C@H]([C@@H]([C@H]53)[C@H]1Br)[C@@H]42. The van der Waals surface area contributed by atoms with Gasteiger partial charge in [0, 0.05) is 23.6 Å². The van der Waals surface area contributed by atoms with E-state index in [1.165, 1.54) is 6.42 Å². The van der Waals surface area contributed by atoms with Crippen LogP contribution in [0.5, 0.6) is 0 Å². The van der Waals surface area contributed by atoms with E-state index in [1.54, 1.807) is 6.92 Å². The lowest BCUT2D eigenvalue weighted by Crippen LogP contribution is -2.49. The molecule has 0 aromatic carbocycles. The largest absolute Gasteiger partial charge is 0.457 e. The number of ether oxygens (including phenoxy) is 1. The number of hydrogen-bond acceptors (Lipinski definition) is 2. The summed E-state index contributed by atoms with van der Waals surface area (Å²) in [7, 11) is 0. The third-order valence-electron chi connectivity index (χ3n) is 6.60. The van der Waals surface area contributed by atoms with Crippen molar-refractivity contribution < 1.29 is 9.53 Å². The smallest absolute Gasteiger partial charge is 0.303 e. The lowest BCUT2D eigenvalue weighted by atomic mass is 9.69. The molecule has 2 nitrogen and oxygen atoms in total. The van der Waals surface area contributed by atoms with Gasteiger partial charge in [-0.2, -0.15) is 0 Å². The Bertz CT molecular complexity index is 449. The summed E-state index contributed by atoms with van der Waals surface area (Å²) in [5.74, 6) is 5.28. The predicted molar refractivity (Wildman–Crippen MR) is 69.0 cm³/mol. The van der Waals surface area contributed by atoms with Crippen LogP contribution in [0.15, 0.2) is 0 Å². The van der Waals surface area contributed by atoms with Gasteiger partial charge in [-0.1, -0.05) is 31.9 Å². The molecular weight excluding hydrogens is 348 g/mol. The number of halogens is 2. The highest BCUT2D eigenvalue weighted by Crippen LogP contribution is 2.86. The minimum absolute atomic E-state index is 0.0924. The third-order valence-corrected chi connectivity index (χ3v) is 9.11. The highest BCUT2D eigenvalue weighted by molar-refractivity contribution is 9.10. The Morgan fingerprint density at radius 1 is 1.18 bits per heavy atom. The zero-order chi connectivity index (χ0) is 11.7. The molecule has 0 aromatic rings. The van der Waals surface area contributed by atoms with Crippen LogP contribution in [-0.4, -0.2) is 21.2 Å². The molecule has 0 spiro atoms. The van der Waals surface area contributed by atoms with E-state index >= 15 is 0 Å². The number of rotatable bonds is 1. The van der Waals surface area contributed by atoms with Gasteiger partial charge in [-0.05, 0) is 36.0 Å². The van der Waals surface area contributed by atoms with Crippen LogP contribution in [0.4, 0.5) is 0 Å². The van der Waals surface area contributed by atoms with Gasteiger partial charge in [0.25, 0.3) is 0 Å². The zero-order valence-corrected chi connectivity index (χ0v) is 12.6. The van der Waals surface area contributed by atoms with Crippen molar-refractivity contribution in [1.82, 2.24) is 0 Å². The average molecular weight is 362 g/mol. The summed E-state index contributed by atoms with van der Waals surface area (Å²) in [6, 6.07) is 0. The summed E-state index contributed by atoms with van der Waals surface area (Å²) in [6.45, 7) is 1.57. The fraction of sp³-hybridized carbons (Fsp3) is 0.923. The lowest BCUT2D eigenvalue weighted by molar-refractivity contribution is -0.167. The van der Waals surface area contributed by atoms with Crippen molar-refractivity contribution in [2.45, 2.75) is 28.6 Å². The molecule has 17 heavy (non-hydrogen) atoms. The van der Waals surface area contributed by atoms with Crippen LogP contribution in [0, 0.1) is 41.4 Å². The molecule has 6 aliphatic carbocycles. The van der Waals surface area contributed by atoms with Crippen LogP contribution in [-0.2, 0) is 9.53 Å². The van der Waals surface area contributed by atoms with Gasteiger partial charge in [-0.3, -0.25) is 4.79 Å². The van der Waals surface area contributed by atoms with Crippen molar-refractivity contribution in [3.8, 4) is 0 Å². The maximum atomic E-state index is 11.5. The second-order valence-corrected chi connectivity index (χ2v) is 8.68. The summed E-state index contributed by atoms with van der Waals surface area (Å²) in [5.41, 5.74) is -0.155. The molecule has 6 bridgehead atoms. The number of carbonyl (C=O) groups is 1. The molecule has 6 aliphatic rings. The molecular formula is C13H14Br2O2. The van der Waals surface area contributed by atoms with E-state index in [0.717, 1.165) is 29.6 Å². The molecule has 0 amide bonds. The minimum atomic E-state index is -0.155. The molecule has 0 aromatic heterocycles. The molecule has 6 saturated carbocycles. The lowest BCUT2D eigenvalue weighted by Gasteiger charge is -2.41. The molecule has 4 heteroatoms. The Morgan fingerprint density at radius 3 is 2.65 bits per heavy atom. The van der Waals surface area contributed by atoms with Gasteiger partial charge >= 0.3 is 5.97 Å². The Labute approximate surface area is 117 Å². The van der Waals surface area contributed by atoms with E-state index < -0.39 is 0 Å². The number of alkyl halides is 2. The molecule has 6 rings (SSSR count). The highest BCUT2D eigenvalue weighted by Gasteiger charge is 2.90. The zero-order valence-electron chi connectivity index (χ0n) is 9.48. The van der Waals surface area contributed by atoms with Crippen molar-refractivity contribution in [3.63, 3.8) is 0 Å². The monoisotopic (exact) mass is 360 g/mol. The average Bonchev–Trinajstić information content (AvgIpc) is 2.93. The molecule has 0 heterocycles. The maximum Gasteiger partial charge on any atom is 0.303 e. The maximum absolute atomic E-state index is 11.5. The van der Waals surface area contributed by atoms with Gasteiger partial charge in [-0.15, -0.1) is 0 Å². The van der Waals surface area contributed by atoms with Crippen molar-refractivity contribution in [2.24, 2.45) is 41.4 Å². The quantitative estimate of drug-likeness (QED) is 0.530. The van der Waals surface area contributed by atoms with E-state index in [1.807, 2.05) is 0 Å². The molecule has 0 N–H and O–H groups in total. The fourth-order valence-electron chi connectivity index (χ4n) is 6.87.